The van der Waals surface area contributed by atoms with Crippen LogP contribution in [0.2, 0.25) is 0 Å². The largest absolute Gasteiger partial charge is 0.497 e. The van der Waals surface area contributed by atoms with Gasteiger partial charge in [-0.15, -0.1) is 10.2 Å². The Kier molecular flexibility index (Phi) is 2.48. The van der Waals surface area contributed by atoms with Crippen molar-refractivity contribution in [2.24, 2.45) is 0 Å². The Morgan fingerprint density at radius 3 is 3.05 bits per heavy atom. The van der Waals surface area contributed by atoms with E-state index in [-0.39, 0.29) is 11.4 Å². The molecule has 104 valence electrons. The molecule has 0 aliphatic heterocycles. The van der Waals surface area contributed by atoms with Gasteiger partial charge in [0.05, 0.1) is 17.3 Å². The molecule has 9 heteroatoms. The van der Waals surface area contributed by atoms with Crippen LogP contribution in [0.3, 0.4) is 0 Å². The Morgan fingerprint density at radius 1 is 1.38 bits per heavy atom. The van der Waals surface area contributed by atoms with Crippen molar-refractivity contribution in [3.05, 3.63) is 34.7 Å². The summed E-state index contributed by atoms with van der Waals surface area (Å²) in [5.41, 5.74) is 0.855. The summed E-state index contributed by atoms with van der Waals surface area (Å²) in [5.74, 6) is 0.968. The predicted molar refractivity (Wildman–Crippen MR) is 76.6 cm³/mol. The van der Waals surface area contributed by atoms with Crippen LogP contribution in [0.15, 0.2) is 29.2 Å². The topological polar surface area (TPSA) is 98.1 Å². The number of fused-ring (bicyclic) bond motifs is 3. The Morgan fingerprint density at radius 2 is 2.29 bits per heavy atom. The molecule has 0 unspecified atom stereocenters. The molecule has 8 nitrogen and oxygen atoms in total. The van der Waals surface area contributed by atoms with Gasteiger partial charge in [0.15, 0.2) is 4.96 Å². The third kappa shape index (κ3) is 1.71. The van der Waals surface area contributed by atoms with Gasteiger partial charge in [-0.05, 0) is 23.4 Å². The molecule has 0 bridgehead atoms. The molecule has 0 saturated carbocycles. The smallest absolute Gasteiger partial charge is 0.270 e. The molecule has 0 spiro atoms. The third-order valence-corrected chi connectivity index (χ3v) is 4.14. The molecule has 1 N–H and O–H groups in total. The first-order chi connectivity index (χ1) is 10.3. The summed E-state index contributed by atoms with van der Waals surface area (Å²) in [6, 6.07) is 5.52. The number of tetrazole rings is 1. The van der Waals surface area contributed by atoms with Gasteiger partial charge in [0.25, 0.3) is 5.56 Å². The lowest BCUT2D eigenvalue weighted by molar-refractivity contribution is 0.415. The zero-order valence-electron chi connectivity index (χ0n) is 10.8. The van der Waals surface area contributed by atoms with Crippen molar-refractivity contribution < 1.29 is 4.74 Å². The van der Waals surface area contributed by atoms with Crippen LogP contribution < -0.4 is 10.3 Å². The van der Waals surface area contributed by atoms with Gasteiger partial charge in [-0.2, -0.15) is 5.21 Å². The highest BCUT2D eigenvalue weighted by atomic mass is 32.1. The van der Waals surface area contributed by atoms with E-state index in [4.69, 9.17) is 4.74 Å². The molecule has 1 aromatic carbocycles. The maximum atomic E-state index is 12.6. The number of methoxy groups -OCH3 is 1. The van der Waals surface area contributed by atoms with Crippen LogP contribution >= 0.6 is 11.3 Å². The van der Waals surface area contributed by atoms with E-state index in [2.05, 4.69) is 25.6 Å². The number of benzene rings is 1. The van der Waals surface area contributed by atoms with Gasteiger partial charge >= 0.3 is 0 Å². The lowest BCUT2D eigenvalue weighted by Gasteiger charge is -1.99. The minimum atomic E-state index is -0.224. The van der Waals surface area contributed by atoms with Crippen LogP contribution in [-0.2, 0) is 0 Å². The quantitative estimate of drug-likeness (QED) is 0.595. The van der Waals surface area contributed by atoms with Gasteiger partial charge in [0, 0.05) is 6.20 Å². The Bertz CT molecular complexity index is 1000. The Hall–Kier alpha value is -2.81. The van der Waals surface area contributed by atoms with Crippen molar-refractivity contribution in [2.75, 3.05) is 7.11 Å². The zero-order chi connectivity index (χ0) is 14.4. The Labute approximate surface area is 121 Å². The molecule has 0 aliphatic rings. The molecule has 0 radical (unpaired) electrons. The van der Waals surface area contributed by atoms with Crippen LogP contribution in [0.25, 0.3) is 26.6 Å². The van der Waals surface area contributed by atoms with Crippen molar-refractivity contribution in [3.63, 3.8) is 0 Å². The second kappa shape index (κ2) is 4.35. The third-order valence-electron chi connectivity index (χ3n) is 3.12. The molecule has 0 atom stereocenters. The zero-order valence-corrected chi connectivity index (χ0v) is 11.6. The number of thiazole rings is 1. The summed E-state index contributed by atoms with van der Waals surface area (Å²) >= 11 is 1.42. The van der Waals surface area contributed by atoms with Gasteiger partial charge in [0.1, 0.15) is 11.3 Å². The highest BCUT2D eigenvalue weighted by molar-refractivity contribution is 7.23. The number of rotatable bonds is 2. The van der Waals surface area contributed by atoms with Crippen LogP contribution in [-0.4, -0.2) is 37.1 Å². The number of H-pyrrole nitrogens is 1. The monoisotopic (exact) mass is 300 g/mol. The molecule has 4 aromatic rings. The number of hydrogen-bond donors (Lipinski definition) is 1. The molecule has 21 heavy (non-hydrogen) atoms. The van der Waals surface area contributed by atoms with Crippen molar-refractivity contribution in [1.29, 1.82) is 0 Å². The van der Waals surface area contributed by atoms with E-state index in [9.17, 15) is 4.79 Å². The van der Waals surface area contributed by atoms with Gasteiger partial charge < -0.3 is 4.74 Å². The molecule has 4 rings (SSSR count). The molecule has 0 aliphatic carbocycles. The molecule has 0 saturated heterocycles. The number of nitrogens with one attached hydrogen (secondary N) is 1. The highest BCUT2D eigenvalue weighted by Crippen LogP contribution is 2.28. The first-order valence-electron chi connectivity index (χ1n) is 6.00. The van der Waals surface area contributed by atoms with Crippen LogP contribution in [0.4, 0.5) is 0 Å². The fourth-order valence-electron chi connectivity index (χ4n) is 2.14. The maximum absolute atomic E-state index is 12.6. The minimum absolute atomic E-state index is 0.224. The predicted octanol–water partition coefficient (Wildman–Crippen LogP) is 1.10. The van der Waals surface area contributed by atoms with Crippen molar-refractivity contribution in [1.82, 2.24) is 30.0 Å². The molecular formula is C12H8N6O2S. The first-order valence-corrected chi connectivity index (χ1v) is 6.82. The van der Waals surface area contributed by atoms with E-state index in [0.29, 0.717) is 10.5 Å². The van der Waals surface area contributed by atoms with Gasteiger partial charge in [0.2, 0.25) is 5.82 Å². The fourth-order valence-corrected chi connectivity index (χ4v) is 3.15. The van der Waals surface area contributed by atoms with E-state index in [1.807, 2.05) is 18.2 Å². The molecule has 3 aromatic heterocycles. The maximum Gasteiger partial charge on any atom is 0.270 e. The highest BCUT2D eigenvalue weighted by Gasteiger charge is 2.15. The summed E-state index contributed by atoms with van der Waals surface area (Å²) in [6.07, 6.45) is 1.47. The van der Waals surface area contributed by atoms with Gasteiger partial charge in [-0.3, -0.25) is 9.20 Å². The van der Waals surface area contributed by atoms with Crippen LogP contribution in [0.5, 0.6) is 5.75 Å². The van der Waals surface area contributed by atoms with Gasteiger partial charge in [-0.1, -0.05) is 11.3 Å². The van der Waals surface area contributed by atoms with E-state index in [1.54, 1.807) is 11.5 Å². The second-order valence-corrected chi connectivity index (χ2v) is 5.28. The number of aromatic nitrogens is 6. The Balaban J connectivity index is 2.09. The van der Waals surface area contributed by atoms with Crippen LogP contribution in [0, 0.1) is 0 Å². The normalized spacial score (nSPS) is 11.3. The molecular weight excluding hydrogens is 292 g/mol. The standard InChI is InChI=1S/C12H8N6O2S/c1-20-6-2-3-8-9(4-6)21-12-13-5-7(11(19)18(8)12)10-14-16-17-15-10/h2-5H,1H3,(H,14,15,16,17). The molecule has 0 amide bonds. The SMILES string of the molecule is COc1ccc2c(c1)sc1ncc(-c3nn[nH]n3)c(=O)n12. The summed E-state index contributed by atoms with van der Waals surface area (Å²) in [5, 5.41) is 13.5. The summed E-state index contributed by atoms with van der Waals surface area (Å²) in [4.78, 5) is 17.5. The van der Waals surface area contributed by atoms with E-state index in [1.165, 1.54) is 17.5 Å². The number of nitrogens with zero attached hydrogens (tertiary/aromatic N) is 5. The van der Waals surface area contributed by atoms with Crippen molar-refractivity contribution >= 4 is 26.5 Å². The van der Waals surface area contributed by atoms with Crippen molar-refractivity contribution in [2.45, 2.75) is 0 Å². The van der Waals surface area contributed by atoms with Crippen molar-refractivity contribution in [3.8, 4) is 17.1 Å². The van der Waals surface area contributed by atoms with Crippen LogP contribution in [0.1, 0.15) is 0 Å². The van der Waals surface area contributed by atoms with E-state index in [0.717, 1.165) is 16.0 Å². The second-order valence-electron chi connectivity index (χ2n) is 4.27. The number of ether oxygens (including phenoxy) is 1. The summed E-state index contributed by atoms with van der Waals surface area (Å²) in [7, 11) is 1.60. The molecule has 3 heterocycles. The van der Waals surface area contributed by atoms with E-state index < -0.39 is 0 Å². The summed E-state index contributed by atoms with van der Waals surface area (Å²) in [6.45, 7) is 0. The minimum Gasteiger partial charge on any atom is -0.497 e. The molecule has 0 fully saturated rings. The number of aromatic amines is 1. The average Bonchev–Trinajstić information content (AvgIpc) is 3.13. The average molecular weight is 300 g/mol. The van der Waals surface area contributed by atoms with E-state index >= 15 is 0 Å². The summed E-state index contributed by atoms with van der Waals surface area (Å²) < 4.78 is 7.66. The van der Waals surface area contributed by atoms with Gasteiger partial charge in [-0.25, -0.2) is 4.98 Å². The lowest BCUT2D eigenvalue weighted by Crippen LogP contribution is -2.15. The fraction of sp³-hybridized carbons (Fsp3) is 0.0833. The lowest BCUT2D eigenvalue weighted by atomic mass is 10.3. The first kappa shape index (κ1) is 12.0. The number of hydrogen-bond acceptors (Lipinski definition) is 7.